The Kier molecular flexibility index (Phi) is 6.87. The average Bonchev–Trinajstić information content (AvgIpc) is 3.05. The van der Waals surface area contributed by atoms with Crippen LogP contribution < -0.4 is 9.47 Å². The van der Waals surface area contributed by atoms with E-state index in [0.29, 0.717) is 37.4 Å². The van der Waals surface area contributed by atoms with Crippen LogP contribution in [-0.2, 0) is 4.79 Å². The molecular formula is C25H30N2O5. The van der Waals surface area contributed by atoms with Gasteiger partial charge >= 0.3 is 5.97 Å². The number of nitrogens with zero attached hydrogens (tertiary/aromatic N) is 2. The summed E-state index contributed by atoms with van der Waals surface area (Å²) in [6, 6.07) is 10.8. The number of rotatable bonds is 8. The second-order valence-electron chi connectivity index (χ2n) is 8.74. The molecule has 0 radical (unpaired) electrons. The van der Waals surface area contributed by atoms with Gasteiger partial charge in [-0.2, -0.15) is 5.10 Å². The van der Waals surface area contributed by atoms with Crippen LogP contribution in [-0.4, -0.2) is 47.0 Å². The lowest BCUT2D eigenvalue weighted by Crippen LogP contribution is -2.40. The molecule has 3 rings (SSSR count). The fourth-order valence-corrected chi connectivity index (χ4v) is 3.90. The van der Waals surface area contributed by atoms with Crippen LogP contribution in [0.3, 0.4) is 0 Å². The van der Waals surface area contributed by atoms with Crippen molar-refractivity contribution in [2.75, 3.05) is 13.7 Å². The molecule has 0 atom stereocenters. The second-order valence-corrected chi connectivity index (χ2v) is 8.74. The van der Waals surface area contributed by atoms with Gasteiger partial charge in [0.2, 0.25) is 5.91 Å². The van der Waals surface area contributed by atoms with Crippen molar-refractivity contribution in [2.45, 2.75) is 52.5 Å². The van der Waals surface area contributed by atoms with Gasteiger partial charge in [-0.3, -0.25) is 4.79 Å². The van der Waals surface area contributed by atoms with Gasteiger partial charge in [0.15, 0.2) is 11.5 Å². The van der Waals surface area contributed by atoms with Crippen LogP contribution >= 0.6 is 0 Å². The number of ether oxygens (including phenoxy) is 2. The predicted molar refractivity (Wildman–Crippen MR) is 123 cm³/mol. The first-order chi connectivity index (χ1) is 15.1. The Labute approximate surface area is 188 Å². The summed E-state index contributed by atoms with van der Waals surface area (Å²) in [5, 5.41) is 15.4. The van der Waals surface area contributed by atoms with E-state index >= 15 is 0 Å². The monoisotopic (exact) mass is 438 g/mol. The number of carbonyl (C=O) groups excluding carboxylic acids is 1. The smallest absolute Gasteiger partial charge is 0.335 e. The van der Waals surface area contributed by atoms with Crippen LogP contribution in [0.2, 0.25) is 0 Å². The average molecular weight is 439 g/mol. The van der Waals surface area contributed by atoms with Crippen LogP contribution in [0.15, 0.2) is 41.5 Å². The highest BCUT2D eigenvalue weighted by Gasteiger charge is 2.38. The zero-order valence-corrected chi connectivity index (χ0v) is 19.3. The molecule has 0 saturated heterocycles. The predicted octanol–water partition coefficient (Wildman–Crippen LogP) is 4.58. The number of amides is 1. The largest absolute Gasteiger partial charge is 0.493 e. The van der Waals surface area contributed by atoms with Crippen molar-refractivity contribution in [1.29, 1.82) is 0 Å². The molecule has 0 unspecified atom stereocenters. The highest BCUT2D eigenvalue weighted by atomic mass is 16.5. The summed E-state index contributed by atoms with van der Waals surface area (Å²) < 4.78 is 10.9. The zero-order valence-electron chi connectivity index (χ0n) is 19.3. The molecule has 2 aromatic carbocycles. The Morgan fingerprint density at radius 1 is 1.09 bits per heavy atom. The van der Waals surface area contributed by atoms with Gasteiger partial charge in [0.05, 0.1) is 30.5 Å². The third-order valence-corrected chi connectivity index (χ3v) is 5.39. The van der Waals surface area contributed by atoms with E-state index in [-0.39, 0.29) is 17.0 Å². The van der Waals surface area contributed by atoms with E-state index in [1.54, 1.807) is 11.1 Å². The molecule has 32 heavy (non-hydrogen) atoms. The minimum absolute atomic E-state index is 0.0498. The van der Waals surface area contributed by atoms with E-state index in [9.17, 15) is 9.59 Å². The lowest BCUT2D eigenvalue weighted by Gasteiger charge is -2.28. The molecule has 170 valence electrons. The molecule has 1 N–H and O–H groups in total. The van der Waals surface area contributed by atoms with Crippen molar-refractivity contribution in [3.05, 3.63) is 58.7 Å². The van der Waals surface area contributed by atoms with Gasteiger partial charge in [-0.15, -0.1) is 0 Å². The maximum Gasteiger partial charge on any atom is 0.335 e. The Morgan fingerprint density at radius 3 is 2.41 bits per heavy atom. The molecule has 0 aromatic heterocycles. The maximum absolute atomic E-state index is 12.9. The van der Waals surface area contributed by atoms with Crippen molar-refractivity contribution in [3.63, 3.8) is 0 Å². The normalized spacial score (nSPS) is 14.8. The summed E-state index contributed by atoms with van der Waals surface area (Å²) >= 11 is 0. The summed E-state index contributed by atoms with van der Waals surface area (Å²) in [7, 11) is 1.46. The van der Waals surface area contributed by atoms with Gasteiger partial charge in [-0.25, -0.2) is 9.80 Å². The number of hydrogen-bond donors (Lipinski definition) is 1. The van der Waals surface area contributed by atoms with Gasteiger partial charge < -0.3 is 14.6 Å². The van der Waals surface area contributed by atoms with E-state index in [2.05, 4.69) is 37.1 Å². The Hall–Kier alpha value is -3.35. The fraction of sp³-hybridized carbons (Fsp3) is 0.400. The number of methoxy groups -OCH3 is 1. The minimum Gasteiger partial charge on any atom is -0.493 e. The lowest BCUT2D eigenvalue weighted by molar-refractivity contribution is -0.135. The number of benzene rings is 2. The van der Waals surface area contributed by atoms with Crippen LogP contribution in [0.5, 0.6) is 11.5 Å². The first-order valence-corrected chi connectivity index (χ1v) is 10.6. The van der Waals surface area contributed by atoms with Crippen LogP contribution in [0.1, 0.15) is 60.2 Å². The zero-order chi connectivity index (χ0) is 23.5. The van der Waals surface area contributed by atoms with Crippen molar-refractivity contribution in [2.24, 2.45) is 5.10 Å². The summed E-state index contributed by atoms with van der Waals surface area (Å²) in [4.78, 5) is 24.0. The number of carbonyl (C=O) groups is 2. The summed E-state index contributed by atoms with van der Waals surface area (Å²) in [5.74, 6) is -0.290. The molecule has 0 saturated carbocycles. The van der Waals surface area contributed by atoms with Crippen LogP contribution in [0.25, 0.3) is 0 Å². The van der Waals surface area contributed by atoms with Crippen molar-refractivity contribution in [3.8, 4) is 11.5 Å². The van der Waals surface area contributed by atoms with Gasteiger partial charge in [-0.05, 0) is 57.9 Å². The number of carboxylic acid groups (broad SMARTS) is 1. The third-order valence-electron chi connectivity index (χ3n) is 5.39. The Morgan fingerprint density at radius 2 is 1.78 bits per heavy atom. The molecule has 0 bridgehead atoms. The quantitative estimate of drug-likeness (QED) is 0.609. The van der Waals surface area contributed by atoms with Crippen LogP contribution in [0.4, 0.5) is 0 Å². The van der Waals surface area contributed by atoms with Gasteiger partial charge in [0, 0.05) is 12.8 Å². The van der Waals surface area contributed by atoms with E-state index in [4.69, 9.17) is 14.6 Å². The van der Waals surface area contributed by atoms with Gasteiger partial charge in [0.1, 0.15) is 0 Å². The standard InChI is InChI=1S/C25H30N2O5/c1-16-11-17(2)13-19(12-16)20-15-25(3,4)27(26-20)23(28)7-6-10-32-21-9-8-18(24(29)30)14-22(21)31-5/h8-9,11-14H,6-7,10,15H2,1-5H3,(H,29,30). The van der Waals surface area contributed by atoms with Gasteiger partial charge in [-0.1, -0.05) is 29.3 Å². The first-order valence-electron chi connectivity index (χ1n) is 10.6. The minimum atomic E-state index is -1.03. The molecule has 1 aliphatic rings. The highest BCUT2D eigenvalue weighted by molar-refractivity contribution is 6.03. The molecule has 1 amide bonds. The molecule has 7 nitrogen and oxygen atoms in total. The summed E-state index contributed by atoms with van der Waals surface area (Å²) in [5.41, 5.74) is 4.07. The first kappa shape index (κ1) is 23.3. The Bertz CT molecular complexity index is 1040. The van der Waals surface area contributed by atoms with Crippen LogP contribution in [0, 0.1) is 13.8 Å². The molecular weight excluding hydrogens is 408 g/mol. The molecule has 1 aliphatic heterocycles. The number of hydrazone groups is 1. The second kappa shape index (κ2) is 9.42. The number of aryl methyl sites for hydroxylation is 2. The van der Waals surface area contributed by atoms with E-state index in [0.717, 1.165) is 11.3 Å². The topological polar surface area (TPSA) is 88.4 Å². The summed E-state index contributed by atoms with van der Waals surface area (Å²) in [6.07, 6.45) is 1.50. The molecule has 2 aromatic rings. The van der Waals surface area contributed by atoms with Crippen molar-refractivity contribution < 1.29 is 24.2 Å². The summed E-state index contributed by atoms with van der Waals surface area (Å²) in [6.45, 7) is 8.47. The third kappa shape index (κ3) is 5.28. The molecule has 1 heterocycles. The lowest BCUT2D eigenvalue weighted by atomic mass is 9.93. The van der Waals surface area contributed by atoms with Crippen molar-refractivity contribution >= 4 is 17.6 Å². The number of carboxylic acids is 1. The van der Waals surface area contributed by atoms with E-state index in [1.807, 2.05) is 13.8 Å². The van der Waals surface area contributed by atoms with E-state index in [1.165, 1.54) is 30.4 Å². The highest BCUT2D eigenvalue weighted by Crippen LogP contribution is 2.31. The molecule has 0 spiro atoms. The Balaban J connectivity index is 1.61. The molecule has 0 fully saturated rings. The SMILES string of the molecule is COc1cc(C(=O)O)ccc1OCCCC(=O)N1N=C(c2cc(C)cc(C)c2)CC1(C)C. The molecule has 0 aliphatic carbocycles. The fourth-order valence-electron chi connectivity index (χ4n) is 3.90. The van der Waals surface area contributed by atoms with Gasteiger partial charge in [0.25, 0.3) is 0 Å². The number of aromatic carboxylic acids is 1. The van der Waals surface area contributed by atoms with E-state index < -0.39 is 5.97 Å². The maximum atomic E-state index is 12.9. The van der Waals surface area contributed by atoms with Crippen molar-refractivity contribution in [1.82, 2.24) is 5.01 Å². The molecule has 7 heteroatoms. The number of hydrogen-bond acceptors (Lipinski definition) is 5.